The number of ether oxygens (including phenoxy) is 1. The van der Waals surface area contributed by atoms with E-state index in [1.165, 1.54) is 44.6 Å². The predicted molar refractivity (Wildman–Crippen MR) is 133 cm³/mol. The molecule has 0 radical (unpaired) electrons. The lowest BCUT2D eigenvalue weighted by atomic mass is 10.1. The fourth-order valence-corrected chi connectivity index (χ4v) is 5.05. The number of rotatable bonds is 7. The first-order chi connectivity index (χ1) is 17.3. The Balaban J connectivity index is 1.94. The molecule has 196 valence electrons. The summed E-state index contributed by atoms with van der Waals surface area (Å²) < 4.78 is 51.1. The molecule has 0 spiro atoms. The summed E-state index contributed by atoms with van der Waals surface area (Å²) in [6, 6.07) is 2.52. The summed E-state index contributed by atoms with van der Waals surface area (Å²) in [6.45, 7) is 6.28. The number of nitrogens with zero attached hydrogens (tertiary/aromatic N) is 2. The molecule has 0 aliphatic rings. The van der Waals surface area contributed by atoms with Gasteiger partial charge in [-0.2, -0.15) is 4.39 Å². The number of aromatic amines is 1. The maximum Gasteiger partial charge on any atom is 0.281 e. The largest absolute Gasteiger partial charge is 0.450 e. The van der Waals surface area contributed by atoms with Crippen LogP contribution < -0.4 is 15.6 Å². The van der Waals surface area contributed by atoms with Crippen molar-refractivity contribution in [2.45, 2.75) is 39.7 Å². The molecule has 4 rings (SSSR count). The van der Waals surface area contributed by atoms with Crippen LogP contribution in [0.1, 0.15) is 53.8 Å². The lowest BCUT2D eigenvalue weighted by Crippen LogP contribution is -2.23. The third-order valence-electron chi connectivity index (χ3n) is 5.68. The summed E-state index contributed by atoms with van der Waals surface area (Å²) in [7, 11) is 1.48. The van der Waals surface area contributed by atoms with Crippen molar-refractivity contribution in [1.29, 1.82) is 0 Å². The summed E-state index contributed by atoms with van der Waals surface area (Å²) in [5, 5.41) is 13.5. The molecule has 1 amide bonds. The number of amides is 1. The molecule has 0 bridgehead atoms. The normalized spacial score (nSPS) is 12.7. The van der Waals surface area contributed by atoms with E-state index in [2.05, 4.69) is 15.3 Å². The van der Waals surface area contributed by atoms with Crippen molar-refractivity contribution >= 4 is 28.1 Å². The third-order valence-corrected chi connectivity index (χ3v) is 7.17. The van der Waals surface area contributed by atoms with Crippen LogP contribution in [0.15, 0.2) is 29.3 Å². The first-order valence-corrected chi connectivity index (χ1v) is 12.1. The van der Waals surface area contributed by atoms with E-state index in [1.807, 2.05) is 0 Å². The maximum atomic E-state index is 15.7. The van der Waals surface area contributed by atoms with Crippen LogP contribution in [0.2, 0.25) is 0 Å². The van der Waals surface area contributed by atoms with Gasteiger partial charge in [-0.1, -0.05) is 0 Å². The second kappa shape index (κ2) is 9.67. The first-order valence-electron chi connectivity index (χ1n) is 11.3. The number of fused-ring (bicyclic) bond motifs is 1. The molecule has 4 aromatic heterocycles. The lowest BCUT2D eigenvalue weighted by Gasteiger charge is -2.16. The van der Waals surface area contributed by atoms with Gasteiger partial charge in [-0.05, 0) is 45.4 Å². The lowest BCUT2D eigenvalue weighted by molar-refractivity contribution is 0.0552. The van der Waals surface area contributed by atoms with Gasteiger partial charge in [0.05, 0.1) is 21.6 Å². The molecule has 8 nitrogen and oxygen atoms in total. The van der Waals surface area contributed by atoms with Crippen molar-refractivity contribution in [2.75, 3.05) is 6.54 Å². The van der Waals surface area contributed by atoms with Gasteiger partial charge in [-0.3, -0.25) is 14.6 Å². The van der Waals surface area contributed by atoms with Crippen molar-refractivity contribution in [2.24, 2.45) is 7.05 Å². The van der Waals surface area contributed by atoms with Gasteiger partial charge < -0.3 is 24.7 Å². The minimum atomic E-state index is -2.27. The monoisotopic (exact) mass is 534 g/mol. The van der Waals surface area contributed by atoms with Crippen molar-refractivity contribution in [1.82, 2.24) is 19.9 Å². The van der Waals surface area contributed by atoms with E-state index in [4.69, 9.17) is 4.74 Å². The second-order valence-corrected chi connectivity index (χ2v) is 10.1. The van der Waals surface area contributed by atoms with E-state index < -0.39 is 40.8 Å². The van der Waals surface area contributed by atoms with Crippen LogP contribution in [0.25, 0.3) is 21.3 Å². The number of nitrogens with one attached hydrogen (secondary N) is 2. The molecule has 0 aliphatic heterocycles. The predicted octanol–water partition coefficient (Wildman–Crippen LogP) is 4.60. The molecular formula is C25H25F3N4O4S. The highest BCUT2D eigenvalue weighted by atomic mass is 32.1. The van der Waals surface area contributed by atoms with Gasteiger partial charge in [0.25, 0.3) is 17.8 Å². The number of aliphatic hydroxyl groups is 1. The summed E-state index contributed by atoms with van der Waals surface area (Å²) in [5.41, 5.74) is -1.70. The molecule has 0 saturated carbocycles. The van der Waals surface area contributed by atoms with Gasteiger partial charge >= 0.3 is 0 Å². The van der Waals surface area contributed by atoms with Gasteiger partial charge in [0.1, 0.15) is 22.7 Å². The Kier molecular flexibility index (Phi) is 6.91. The van der Waals surface area contributed by atoms with Crippen LogP contribution >= 0.6 is 11.3 Å². The fourth-order valence-electron chi connectivity index (χ4n) is 3.91. The topological polar surface area (TPSA) is 109 Å². The molecule has 1 atom stereocenters. The quantitative estimate of drug-likeness (QED) is 0.321. The third kappa shape index (κ3) is 4.86. The molecule has 3 N–H and O–H groups in total. The van der Waals surface area contributed by atoms with Gasteiger partial charge in [-0.25, -0.2) is 8.78 Å². The van der Waals surface area contributed by atoms with Gasteiger partial charge in [-0.15, -0.1) is 11.3 Å². The zero-order valence-corrected chi connectivity index (χ0v) is 21.5. The number of hydrogen-bond acceptors (Lipinski definition) is 6. The van der Waals surface area contributed by atoms with Gasteiger partial charge in [0.2, 0.25) is 0 Å². The van der Waals surface area contributed by atoms with E-state index >= 15 is 8.78 Å². The Morgan fingerprint density at radius 2 is 2.05 bits per heavy atom. The van der Waals surface area contributed by atoms with Gasteiger partial charge in [0, 0.05) is 30.7 Å². The zero-order chi connectivity index (χ0) is 27.2. The van der Waals surface area contributed by atoms with Crippen molar-refractivity contribution in [3.05, 3.63) is 68.3 Å². The van der Waals surface area contributed by atoms with E-state index in [0.29, 0.717) is 6.54 Å². The summed E-state index contributed by atoms with van der Waals surface area (Å²) in [5.74, 6) is -2.61. The van der Waals surface area contributed by atoms with Crippen LogP contribution in [0.3, 0.4) is 0 Å². The Morgan fingerprint density at radius 3 is 2.68 bits per heavy atom. The number of carbonyl (C=O) groups excluding carboxylic acids is 1. The van der Waals surface area contributed by atoms with E-state index in [0.717, 1.165) is 23.6 Å². The number of H-pyrrole nitrogens is 1. The summed E-state index contributed by atoms with van der Waals surface area (Å²) in [4.78, 5) is 31.7. The Hall–Kier alpha value is -3.64. The van der Waals surface area contributed by atoms with Crippen molar-refractivity contribution < 1.29 is 27.8 Å². The van der Waals surface area contributed by atoms with Crippen molar-refractivity contribution in [3.63, 3.8) is 0 Å². The average Bonchev–Trinajstić information content (AvgIpc) is 3.39. The molecule has 12 heteroatoms. The zero-order valence-electron chi connectivity index (χ0n) is 20.7. The number of aryl methyl sites for hydroxylation is 2. The standard InChI is InChI=1S/C25H25F3N4O4S/c1-6-29-23(33)15-8-13-14(10-32(5)24(34)18(13)31-15)20-19(16(27)21(37-20)25(3,4)35)36-22(28)17-11(2)7-12(26)9-30-17/h7-10,22,31,35H,6H2,1-5H3,(H,29,33). The van der Waals surface area contributed by atoms with Crippen LogP contribution in [0, 0.1) is 18.6 Å². The molecule has 4 aromatic rings. The van der Waals surface area contributed by atoms with Crippen LogP contribution in [0.4, 0.5) is 13.2 Å². The number of halogens is 3. The van der Waals surface area contributed by atoms with E-state index in [1.54, 1.807) is 6.92 Å². The van der Waals surface area contributed by atoms with E-state index in [-0.39, 0.29) is 43.2 Å². The van der Waals surface area contributed by atoms with Crippen LogP contribution in [-0.2, 0) is 12.6 Å². The molecule has 37 heavy (non-hydrogen) atoms. The van der Waals surface area contributed by atoms with Crippen LogP contribution in [0.5, 0.6) is 5.75 Å². The smallest absolute Gasteiger partial charge is 0.281 e. The fraction of sp³-hybridized carbons (Fsp3) is 0.320. The van der Waals surface area contributed by atoms with Crippen molar-refractivity contribution in [3.8, 4) is 16.2 Å². The highest BCUT2D eigenvalue weighted by Gasteiger charge is 2.33. The SMILES string of the molecule is CCNC(=O)c1cc2c(-c3sc(C(C)(C)O)c(F)c3OC(F)c3ncc(F)cc3C)cn(C)c(=O)c2[nH]1. The number of hydrogen-bond donors (Lipinski definition) is 3. The van der Waals surface area contributed by atoms with E-state index in [9.17, 15) is 19.1 Å². The molecular weight excluding hydrogens is 509 g/mol. The molecule has 0 aromatic carbocycles. The number of thiophene rings is 1. The average molecular weight is 535 g/mol. The Bertz CT molecular complexity index is 1570. The number of aromatic nitrogens is 3. The Morgan fingerprint density at radius 1 is 1.35 bits per heavy atom. The molecule has 0 saturated heterocycles. The maximum absolute atomic E-state index is 15.7. The Labute approximate surface area is 213 Å². The molecule has 1 unspecified atom stereocenters. The minimum absolute atomic E-state index is 0.0821. The summed E-state index contributed by atoms with van der Waals surface area (Å²) in [6.07, 6.45) is -0.0239. The number of alkyl halides is 1. The molecule has 0 aliphatic carbocycles. The number of pyridine rings is 2. The first kappa shape index (κ1) is 26.4. The highest BCUT2D eigenvalue weighted by molar-refractivity contribution is 7.16. The number of carbonyl (C=O) groups is 1. The second-order valence-electron chi connectivity index (χ2n) is 9.04. The van der Waals surface area contributed by atoms with Crippen LogP contribution in [-0.4, -0.2) is 32.1 Å². The minimum Gasteiger partial charge on any atom is -0.450 e. The molecule has 0 fully saturated rings. The van der Waals surface area contributed by atoms with Gasteiger partial charge in [0.15, 0.2) is 11.6 Å². The summed E-state index contributed by atoms with van der Waals surface area (Å²) >= 11 is 0.820. The molecule has 4 heterocycles. The highest BCUT2D eigenvalue weighted by Crippen LogP contribution is 2.48.